The van der Waals surface area contributed by atoms with Crippen LogP contribution in [0.2, 0.25) is 0 Å². The molecule has 0 spiro atoms. The fourth-order valence-corrected chi connectivity index (χ4v) is 2.34. The van der Waals surface area contributed by atoms with Crippen molar-refractivity contribution < 1.29 is 13.2 Å². The number of hydrogen-bond acceptors (Lipinski definition) is 4. The molecule has 0 aromatic heterocycles. The summed E-state index contributed by atoms with van der Waals surface area (Å²) in [6.07, 6.45) is 0. The van der Waals surface area contributed by atoms with Crippen molar-refractivity contribution in [2.75, 3.05) is 6.61 Å². The van der Waals surface area contributed by atoms with Crippen LogP contribution >= 0.6 is 12.2 Å². The topological polar surface area (TPSA) is 93.5 Å². The van der Waals surface area contributed by atoms with Crippen LogP contribution in [-0.4, -0.2) is 20.1 Å². The zero-order chi connectivity index (χ0) is 13.8. The van der Waals surface area contributed by atoms with Gasteiger partial charge in [-0.15, -0.1) is 4.83 Å². The second kappa shape index (κ2) is 5.98. The summed E-state index contributed by atoms with van der Waals surface area (Å²) in [5.74, 6) is 0.652. The molecule has 0 amide bonds. The van der Waals surface area contributed by atoms with Gasteiger partial charge in [0, 0.05) is 0 Å². The molecule has 0 heterocycles. The number of hydrogen-bond donors (Lipinski definition) is 3. The van der Waals surface area contributed by atoms with Crippen LogP contribution in [0.1, 0.15) is 12.5 Å². The molecule has 0 radical (unpaired) electrons. The zero-order valence-corrected chi connectivity index (χ0v) is 11.7. The van der Waals surface area contributed by atoms with Gasteiger partial charge in [0.15, 0.2) is 5.11 Å². The maximum Gasteiger partial charge on any atom is 0.257 e. The molecular weight excluding hydrogens is 274 g/mol. The van der Waals surface area contributed by atoms with Gasteiger partial charge in [-0.3, -0.25) is 5.43 Å². The van der Waals surface area contributed by atoms with Crippen LogP contribution in [0.5, 0.6) is 5.75 Å². The molecule has 1 aromatic rings. The summed E-state index contributed by atoms with van der Waals surface area (Å²) in [6.45, 7) is 4.15. The number of hydrazine groups is 1. The highest BCUT2D eigenvalue weighted by Gasteiger charge is 2.15. The lowest BCUT2D eigenvalue weighted by Gasteiger charge is -2.11. The number of nitrogens with two attached hydrogens (primary N) is 1. The fourth-order valence-electron chi connectivity index (χ4n) is 1.28. The number of ether oxygens (including phenoxy) is 1. The molecule has 0 aliphatic heterocycles. The Balaban J connectivity index is 2.96. The van der Waals surface area contributed by atoms with Gasteiger partial charge in [0.1, 0.15) is 5.75 Å². The molecule has 0 saturated carbocycles. The average molecular weight is 289 g/mol. The van der Waals surface area contributed by atoms with Crippen molar-refractivity contribution in [3.05, 3.63) is 23.8 Å². The second-order valence-corrected chi connectivity index (χ2v) is 5.58. The lowest BCUT2D eigenvalue weighted by atomic mass is 10.2. The van der Waals surface area contributed by atoms with Crippen LogP contribution < -0.4 is 20.7 Å². The first kappa shape index (κ1) is 14.7. The molecule has 0 aliphatic carbocycles. The van der Waals surface area contributed by atoms with Crippen LogP contribution in [0, 0.1) is 6.92 Å². The predicted octanol–water partition coefficient (Wildman–Crippen LogP) is 0.420. The highest BCUT2D eigenvalue weighted by atomic mass is 32.2. The van der Waals surface area contributed by atoms with Crippen molar-refractivity contribution in [1.29, 1.82) is 0 Å². The Bertz CT molecular complexity index is 543. The summed E-state index contributed by atoms with van der Waals surface area (Å²) in [6, 6.07) is 4.56. The Labute approximate surface area is 112 Å². The molecule has 0 aliphatic rings. The maximum absolute atomic E-state index is 11.8. The minimum Gasteiger partial charge on any atom is -0.494 e. The van der Waals surface area contributed by atoms with E-state index in [4.69, 9.17) is 10.5 Å². The van der Waals surface area contributed by atoms with Crippen LogP contribution in [-0.2, 0) is 10.0 Å². The van der Waals surface area contributed by atoms with E-state index in [0.717, 1.165) is 5.56 Å². The molecule has 8 heteroatoms. The van der Waals surface area contributed by atoms with Crippen molar-refractivity contribution in [3.8, 4) is 5.75 Å². The van der Waals surface area contributed by atoms with E-state index in [1.165, 1.54) is 12.1 Å². The molecule has 0 unspecified atom stereocenters. The summed E-state index contributed by atoms with van der Waals surface area (Å²) in [7, 11) is -3.69. The number of sulfonamides is 1. The Morgan fingerprint density at radius 1 is 1.50 bits per heavy atom. The summed E-state index contributed by atoms with van der Waals surface area (Å²) in [5, 5.41) is -0.152. The van der Waals surface area contributed by atoms with Crippen LogP contribution in [0.25, 0.3) is 0 Å². The predicted molar refractivity (Wildman–Crippen MR) is 72.6 cm³/mol. The molecule has 1 rings (SSSR count). The van der Waals surface area contributed by atoms with Gasteiger partial charge in [-0.1, -0.05) is 0 Å². The van der Waals surface area contributed by atoms with Gasteiger partial charge < -0.3 is 10.5 Å². The summed E-state index contributed by atoms with van der Waals surface area (Å²) < 4.78 is 29.0. The Kier molecular flexibility index (Phi) is 4.88. The SMILES string of the molecule is CCOc1ccc(S(=O)(=O)NNC(N)=S)cc1C. The molecule has 4 N–H and O–H groups in total. The van der Waals surface area contributed by atoms with E-state index in [-0.39, 0.29) is 10.0 Å². The first-order valence-corrected chi connectivity index (χ1v) is 7.06. The lowest BCUT2D eigenvalue weighted by Crippen LogP contribution is -2.44. The number of rotatable bonds is 5. The first-order valence-electron chi connectivity index (χ1n) is 5.17. The smallest absolute Gasteiger partial charge is 0.257 e. The van der Waals surface area contributed by atoms with E-state index in [0.29, 0.717) is 12.4 Å². The summed E-state index contributed by atoms with van der Waals surface area (Å²) >= 11 is 4.51. The first-order chi connectivity index (χ1) is 8.36. The molecule has 0 fully saturated rings. The Morgan fingerprint density at radius 2 is 2.17 bits per heavy atom. The van der Waals surface area contributed by atoms with Gasteiger partial charge in [0.05, 0.1) is 11.5 Å². The van der Waals surface area contributed by atoms with Gasteiger partial charge in [0.25, 0.3) is 10.0 Å². The van der Waals surface area contributed by atoms with E-state index in [9.17, 15) is 8.42 Å². The number of thiocarbonyl (C=S) groups is 1. The van der Waals surface area contributed by atoms with Crippen molar-refractivity contribution in [1.82, 2.24) is 10.3 Å². The van der Waals surface area contributed by atoms with Crippen LogP contribution in [0.3, 0.4) is 0 Å². The molecule has 0 saturated heterocycles. The van der Waals surface area contributed by atoms with Crippen molar-refractivity contribution in [3.63, 3.8) is 0 Å². The van der Waals surface area contributed by atoms with Crippen molar-refractivity contribution >= 4 is 27.4 Å². The molecular formula is C10H15N3O3S2. The molecule has 0 atom stereocenters. The van der Waals surface area contributed by atoms with Crippen LogP contribution in [0.15, 0.2) is 23.1 Å². The van der Waals surface area contributed by atoms with E-state index in [2.05, 4.69) is 22.5 Å². The number of aryl methyl sites for hydroxylation is 1. The van der Waals surface area contributed by atoms with Gasteiger partial charge in [-0.25, -0.2) is 8.42 Å². The number of benzene rings is 1. The Morgan fingerprint density at radius 3 is 2.67 bits per heavy atom. The maximum atomic E-state index is 11.8. The Hall–Kier alpha value is -1.38. The molecule has 6 nitrogen and oxygen atoms in total. The third-order valence-corrected chi connectivity index (χ3v) is 3.41. The van der Waals surface area contributed by atoms with Crippen molar-refractivity contribution in [2.24, 2.45) is 5.73 Å². The second-order valence-electron chi connectivity index (χ2n) is 3.46. The molecule has 18 heavy (non-hydrogen) atoms. The summed E-state index contributed by atoms with van der Waals surface area (Å²) in [4.78, 5) is 2.17. The van der Waals surface area contributed by atoms with E-state index >= 15 is 0 Å². The van der Waals surface area contributed by atoms with Gasteiger partial charge >= 0.3 is 0 Å². The van der Waals surface area contributed by atoms with Gasteiger partial charge in [0.2, 0.25) is 0 Å². The van der Waals surface area contributed by atoms with E-state index in [1.54, 1.807) is 13.0 Å². The third-order valence-electron chi connectivity index (χ3n) is 2.07. The molecule has 100 valence electrons. The van der Waals surface area contributed by atoms with Gasteiger partial charge in [-0.2, -0.15) is 0 Å². The largest absolute Gasteiger partial charge is 0.494 e. The standard InChI is InChI=1S/C10H15N3O3S2/c1-3-16-9-5-4-8(6-7(9)2)18(14,15)13-12-10(11)17/h4-6,13H,3H2,1-2H3,(H3,11,12,17). The quantitative estimate of drug-likeness (QED) is 0.537. The minimum atomic E-state index is -3.69. The van der Waals surface area contributed by atoms with E-state index in [1.807, 2.05) is 6.92 Å². The lowest BCUT2D eigenvalue weighted by molar-refractivity contribution is 0.337. The normalized spacial score (nSPS) is 11.0. The highest BCUT2D eigenvalue weighted by Crippen LogP contribution is 2.21. The third kappa shape index (κ3) is 3.83. The average Bonchev–Trinajstić information content (AvgIpc) is 2.29. The van der Waals surface area contributed by atoms with Crippen LogP contribution in [0.4, 0.5) is 0 Å². The van der Waals surface area contributed by atoms with Gasteiger partial charge in [-0.05, 0) is 49.8 Å². The van der Waals surface area contributed by atoms with Crippen molar-refractivity contribution in [2.45, 2.75) is 18.7 Å². The number of nitrogens with one attached hydrogen (secondary N) is 2. The highest BCUT2D eigenvalue weighted by molar-refractivity contribution is 7.89. The van der Waals surface area contributed by atoms with E-state index < -0.39 is 10.0 Å². The zero-order valence-electron chi connectivity index (χ0n) is 10.1. The molecule has 0 bridgehead atoms. The monoisotopic (exact) mass is 289 g/mol. The summed E-state index contributed by atoms with van der Waals surface area (Å²) in [5.41, 5.74) is 8.06. The molecule has 1 aromatic carbocycles. The fraction of sp³-hybridized carbons (Fsp3) is 0.300. The minimum absolute atomic E-state index is 0.104.